The van der Waals surface area contributed by atoms with Crippen LogP contribution in [0.25, 0.3) is 10.9 Å². The standard InChI is InChI=1S/C17H16ClN3O3S/c1-2-7-21-16(24)12-6-5-11(18)9-13(12)19-17(21)25-10-15(23)20-8-3-4-14(20)22/h2,5-6,9H,1,3-4,7-8,10H2. The van der Waals surface area contributed by atoms with Crippen LogP contribution in [0.2, 0.25) is 5.02 Å². The predicted molar refractivity (Wildman–Crippen MR) is 97.9 cm³/mol. The number of likely N-dealkylation sites (tertiary alicyclic amines) is 1. The molecule has 0 N–H and O–H groups in total. The first-order valence-electron chi connectivity index (χ1n) is 7.78. The molecule has 1 fully saturated rings. The van der Waals surface area contributed by atoms with Crippen molar-refractivity contribution in [3.05, 3.63) is 46.2 Å². The van der Waals surface area contributed by atoms with Crippen molar-refractivity contribution < 1.29 is 9.59 Å². The van der Waals surface area contributed by atoms with Crippen molar-refractivity contribution in [2.75, 3.05) is 12.3 Å². The molecule has 2 aromatic rings. The lowest BCUT2D eigenvalue weighted by atomic mass is 10.2. The van der Waals surface area contributed by atoms with Gasteiger partial charge in [-0.05, 0) is 24.6 Å². The van der Waals surface area contributed by atoms with E-state index in [0.717, 1.165) is 11.8 Å². The Bertz CT molecular complexity index is 925. The Kier molecular flexibility index (Phi) is 5.24. The molecule has 0 radical (unpaired) electrons. The molecule has 3 rings (SSSR count). The molecule has 1 aromatic carbocycles. The van der Waals surface area contributed by atoms with E-state index in [4.69, 9.17) is 11.6 Å². The predicted octanol–water partition coefficient (Wildman–Crippen LogP) is 2.48. The summed E-state index contributed by atoms with van der Waals surface area (Å²) < 4.78 is 1.47. The summed E-state index contributed by atoms with van der Waals surface area (Å²) in [7, 11) is 0. The number of benzene rings is 1. The zero-order chi connectivity index (χ0) is 18.0. The Hall–Kier alpha value is -2.12. The van der Waals surface area contributed by atoms with Gasteiger partial charge in [0.1, 0.15) is 0 Å². The number of carbonyl (C=O) groups excluding carboxylic acids is 2. The zero-order valence-corrected chi connectivity index (χ0v) is 15.0. The van der Waals surface area contributed by atoms with Crippen LogP contribution in [0.3, 0.4) is 0 Å². The minimum Gasteiger partial charge on any atom is -0.283 e. The highest BCUT2D eigenvalue weighted by Crippen LogP contribution is 2.21. The summed E-state index contributed by atoms with van der Waals surface area (Å²) in [4.78, 5) is 42.3. The van der Waals surface area contributed by atoms with E-state index in [9.17, 15) is 14.4 Å². The van der Waals surface area contributed by atoms with E-state index in [1.807, 2.05) is 0 Å². The molecule has 8 heteroatoms. The molecule has 1 aliphatic heterocycles. The first kappa shape index (κ1) is 17.7. The van der Waals surface area contributed by atoms with Crippen LogP contribution >= 0.6 is 23.4 Å². The van der Waals surface area contributed by atoms with Gasteiger partial charge in [-0.3, -0.25) is 23.9 Å². The maximum atomic E-state index is 12.7. The maximum Gasteiger partial charge on any atom is 0.262 e. The molecule has 0 saturated carbocycles. The third-order valence-corrected chi connectivity index (χ3v) is 5.09. The van der Waals surface area contributed by atoms with Crippen LogP contribution in [0.1, 0.15) is 12.8 Å². The van der Waals surface area contributed by atoms with Gasteiger partial charge in [-0.1, -0.05) is 29.4 Å². The van der Waals surface area contributed by atoms with E-state index in [2.05, 4.69) is 11.6 Å². The lowest BCUT2D eigenvalue weighted by Gasteiger charge is -2.14. The summed E-state index contributed by atoms with van der Waals surface area (Å²) in [5.74, 6) is -0.369. The number of rotatable bonds is 5. The van der Waals surface area contributed by atoms with Gasteiger partial charge in [-0.25, -0.2) is 4.98 Å². The van der Waals surface area contributed by atoms with Crippen LogP contribution in [0, 0.1) is 0 Å². The summed E-state index contributed by atoms with van der Waals surface area (Å²) in [6, 6.07) is 4.89. The molecule has 0 aliphatic carbocycles. The molecule has 1 saturated heterocycles. The Balaban J connectivity index is 1.92. The van der Waals surface area contributed by atoms with E-state index in [-0.39, 0.29) is 29.7 Å². The average Bonchev–Trinajstić information content (AvgIpc) is 3.01. The van der Waals surface area contributed by atoms with E-state index < -0.39 is 0 Å². The van der Waals surface area contributed by atoms with Crippen LogP contribution < -0.4 is 5.56 Å². The van der Waals surface area contributed by atoms with E-state index >= 15 is 0 Å². The molecule has 0 atom stereocenters. The fraction of sp³-hybridized carbons (Fsp3) is 0.294. The van der Waals surface area contributed by atoms with Gasteiger partial charge in [-0.15, -0.1) is 6.58 Å². The average molecular weight is 378 g/mol. The van der Waals surface area contributed by atoms with Crippen LogP contribution in [-0.2, 0) is 16.1 Å². The zero-order valence-electron chi connectivity index (χ0n) is 13.4. The number of thioether (sulfide) groups is 1. The number of aromatic nitrogens is 2. The van der Waals surface area contributed by atoms with Crippen LogP contribution in [-0.4, -0.2) is 38.6 Å². The lowest BCUT2D eigenvalue weighted by Crippen LogP contribution is -2.33. The third kappa shape index (κ3) is 3.62. The second kappa shape index (κ2) is 7.41. The number of hydrogen-bond donors (Lipinski definition) is 0. The number of carbonyl (C=O) groups is 2. The van der Waals surface area contributed by atoms with Gasteiger partial charge in [0.2, 0.25) is 11.8 Å². The molecular formula is C17H16ClN3O3S. The molecule has 130 valence electrons. The molecule has 6 nitrogen and oxygen atoms in total. The van der Waals surface area contributed by atoms with Crippen molar-refractivity contribution in [3.8, 4) is 0 Å². The smallest absolute Gasteiger partial charge is 0.262 e. The maximum absolute atomic E-state index is 12.7. The van der Waals surface area contributed by atoms with E-state index in [1.54, 1.807) is 24.3 Å². The summed E-state index contributed by atoms with van der Waals surface area (Å²) in [5.41, 5.74) is 0.263. The normalized spacial score (nSPS) is 14.3. The number of amides is 2. The Morgan fingerprint density at radius 1 is 1.40 bits per heavy atom. The minimum atomic E-state index is -0.266. The third-order valence-electron chi connectivity index (χ3n) is 3.89. The number of allylic oxidation sites excluding steroid dienone is 1. The highest BCUT2D eigenvalue weighted by molar-refractivity contribution is 7.99. The molecular weight excluding hydrogens is 362 g/mol. The van der Waals surface area contributed by atoms with Gasteiger partial charge >= 0.3 is 0 Å². The Labute approximate surface area is 153 Å². The molecule has 2 amide bonds. The highest BCUT2D eigenvalue weighted by Gasteiger charge is 2.26. The van der Waals surface area contributed by atoms with Gasteiger partial charge in [0.05, 0.1) is 16.7 Å². The summed E-state index contributed by atoms with van der Waals surface area (Å²) in [6.07, 6.45) is 2.70. The Morgan fingerprint density at radius 2 is 2.20 bits per heavy atom. The second-order valence-corrected chi connectivity index (χ2v) is 6.97. The van der Waals surface area contributed by atoms with Crippen molar-refractivity contribution in [2.45, 2.75) is 24.5 Å². The number of hydrogen-bond acceptors (Lipinski definition) is 5. The quantitative estimate of drug-likeness (QED) is 0.454. The number of nitrogens with zero attached hydrogens (tertiary/aromatic N) is 3. The van der Waals surface area contributed by atoms with Crippen molar-refractivity contribution in [3.63, 3.8) is 0 Å². The number of fused-ring (bicyclic) bond motifs is 1. The van der Waals surface area contributed by atoms with Crippen molar-refractivity contribution in [2.24, 2.45) is 0 Å². The summed E-state index contributed by atoms with van der Waals surface area (Å²) >= 11 is 7.12. The Morgan fingerprint density at radius 3 is 2.88 bits per heavy atom. The van der Waals surface area contributed by atoms with Crippen molar-refractivity contribution in [1.82, 2.24) is 14.5 Å². The van der Waals surface area contributed by atoms with Crippen molar-refractivity contribution >= 4 is 46.1 Å². The molecule has 25 heavy (non-hydrogen) atoms. The molecule has 0 bridgehead atoms. The lowest BCUT2D eigenvalue weighted by molar-refractivity contribution is -0.140. The van der Waals surface area contributed by atoms with Gasteiger partial charge < -0.3 is 0 Å². The topological polar surface area (TPSA) is 72.3 Å². The SMILES string of the molecule is C=CCn1c(SCC(=O)N2CCCC2=O)nc2cc(Cl)ccc2c1=O. The van der Waals surface area contributed by atoms with Crippen LogP contribution in [0.4, 0.5) is 0 Å². The van der Waals surface area contributed by atoms with Gasteiger partial charge in [0, 0.05) is 24.5 Å². The first-order chi connectivity index (χ1) is 12.0. The monoisotopic (exact) mass is 377 g/mol. The van der Waals surface area contributed by atoms with Crippen LogP contribution in [0.15, 0.2) is 40.8 Å². The second-order valence-electron chi connectivity index (χ2n) is 5.59. The summed E-state index contributed by atoms with van der Waals surface area (Å²) in [6.45, 7) is 4.40. The fourth-order valence-electron chi connectivity index (χ4n) is 2.69. The largest absolute Gasteiger partial charge is 0.283 e. The van der Waals surface area contributed by atoms with Crippen molar-refractivity contribution in [1.29, 1.82) is 0 Å². The molecule has 1 aromatic heterocycles. The molecule has 0 unspecified atom stereocenters. The van der Waals surface area contributed by atoms with Gasteiger partial charge in [-0.2, -0.15) is 0 Å². The number of imide groups is 1. The molecule has 0 spiro atoms. The van der Waals surface area contributed by atoms with Crippen LogP contribution in [0.5, 0.6) is 0 Å². The highest BCUT2D eigenvalue weighted by atomic mass is 35.5. The molecule has 1 aliphatic rings. The first-order valence-corrected chi connectivity index (χ1v) is 9.14. The van der Waals surface area contributed by atoms with Gasteiger partial charge in [0.15, 0.2) is 5.16 Å². The van der Waals surface area contributed by atoms with Gasteiger partial charge in [0.25, 0.3) is 5.56 Å². The number of halogens is 1. The van der Waals surface area contributed by atoms with E-state index in [1.165, 1.54) is 9.47 Å². The minimum absolute atomic E-state index is 0.0431. The summed E-state index contributed by atoms with van der Waals surface area (Å²) in [5, 5.41) is 1.34. The van der Waals surface area contributed by atoms with E-state index in [0.29, 0.717) is 40.5 Å². The molecule has 2 heterocycles. The fourth-order valence-corrected chi connectivity index (χ4v) is 3.74.